The number of nitrogens with zero attached hydrogens (tertiary/aromatic N) is 4. The Morgan fingerprint density at radius 3 is 2.50 bits per heavy atom. The molecular weight excluding hydrogens is 545 g/mol. The molecule has 0 spiro atoms. The molecule has 184 valence electrons. The topological polar surface area (TPSA) is 103 Å². The molecule has 1 atom stereocenters. The number of carbonyl (C=O) groups excluding carboxylic acids is 1. The lowest BCUT2D eigenvalue weighted by molar-refractivity contribution is -0.384. The predicted molar refractivity (Wildman–Crippen MR) is 141 cm³/mol. The van der Waals surface area contributed by atoms with Crippen LogP contribution >= 0.6 is 46.6 Å². The average Bonchev–Trinajstić information content (AvgIpc) is 3.27. The highest BCUT2D eigenvalue weighted by Gasteiger charge is 2.24. The van der Waals surface area contributed by atoms with E-state index in [1.807, 2.05) is 30.3 Å². The molecule has 8 nitrogen and oxygen atoms in total. The highest BCUT2D eigenvalue weighted by Crippen LogP contribution is 2.32. The molecule has 3 aromatic carbocycles. The van der Waals surface area contributed by atoms with Crippen molar-refractivity contribution in [3.05, 3.63) is 109 Å². The molecule has 1 N–H and O–H groups in total. The number of hydrogen-bond acceptors (Lipinski definition) is 6. The first kappa shape index (κ1) is 26.0. The van der Waals surface area contributed by atoms with E-state index in [1.54, 1.807) is 29.7 Å². The maximum Gasteiger partial charge on any atom is 0.288 e. The minimum Gasteiger partial charge on any atom is -0.342 e. The second kappa shape index (κ2) is 11.3. The van der Waals surface area contributed by atoms with Crippen LogP contribution in [0.15, 0.2) is 71.9 Å². The summed E-state index contributed by atoms with van der Waals surface area (Å²) in [7, 11) is 0. The van der Waals surface area contributed by atoms with E-state index >= 15 is 0 Å². The summed E-state index contributed by atoms with van der Waals surface area (Å²) < 4.78 is 1.77. The molecule has 12 heteroatoms. The number of nitrogens with one attached hydrogen (secondary N) is 1. The van der Waals surface area contributed by atoms with Crippen molar-refractivity contribution in [3.8, 4) is 5.69 Å². The average molecular weight is 563 g/mol. The van der Waals surface area contributed by atoms with Gasteiger partial charge in [0.1, 0.15) is 5.02 Å². The maximum absolute atomic E-state index is 12.9. The Hall–Kier alpha value is -3.11. The summed E-state index contributed by atoms with van der Waals surface area (Å²) in [4.78, 5) is 23.5. The highest BCUT2D eigenvalue weighted by molar-refractivity contribution is 7.98. The van der Waals surface area contributed by atoms with Gasteiger partial charge in [0, 0.05) is 22.4 Å². The van der Waals surface area contributed by atoms with Crippen molar-refractivity contribution in [2.24, 2.45) is 0 Å². The van der Waals surface area contributed by atoms with Gasteiger partial charge in [-0.1, -0.05) is 76.9 Å². The van der Waals surface area contributed by atoms with Crippen LogP contribution in [0.5, 0.6) is 0 Å². The van der Waals surface area contributed by atoms with E-state index in [-0.39, 0.29) is 16.3 Å². The van der Waals surface area contributed by atoms with E-state index in [4.69, 9.17) is 34.8 Å². The van der Waals surface area contributed by atoms with Crippen LogP contribution in [0, 0.1) is 10.1 Å². The third-order valence-electron chi connectivity index (χ3n) is 5.16. The molecule has 0 aliphatic heterocycles. The van der Waals surface area contributed by atoms with Gasteiger partial charge in [0.25, 0.3) is 11.6 Å². The van der Waals surface area contributed by atoms with E-state index in [9.17, 15) is 14.9 Å². The van der Waals surface area contributed by atoms with Crippen molar-refractivity contribution >= 4 is 58.2 Å². The van der Waals surface area contributed by atoms with E-state index in [0.717, 1.165) is 11.6 Å². The number of rotatable bonds is 8. The molecule has 0 aliphatic rings. The van der Waals surface area contributed by atoms with Crippen LogP contribution in [0.2, 0.25) is 15.1 Å². The number of thioether (sulfide) groups is 1. The molecular formula is C24H18Cl3N5O3S. The van der Waals surface area contributed by atoms with Crippen molar-refractivity contribution in [3.63, 3.8) is 0 Å². The molecule has 4 rings (SSSR count). The third-order valence-corrected chi connectivity index (χ3v) is 7.02. The molecule has 1 aromatic heterocycles. The number of aromatic nitrogens is 3. The number of benzene rings is 3. The number of nitro groups is 1. The van der Waals surface area contributed by atoms with Crippen LogP contribution in [0.4, 0.5) is 5.69 Å². The van der Waals surface area contributed by atoms with Gasteiger partial charge >= 0.3 is 0 Å². The first-order valence-electron chi connectivity index (χ1n) is 10.6. The van der Waals surface area contributed by atoms with E-state index in [1.165, 1.54) is 23.9 Å². The van der Waals surface area contributed by atoms with E-state index < -0.39 is 16.9 Å². The van der Waals surface area contributed by atoms with Crippen LogP contribution in [-0.4, -0.2) is 25.6 Å². The minimum atomic E-state index is -0.641. The van der Waals surface area contributed by atoms with E-state index in [2.05, 4.69) is 15.5 Å². The van der Waals surface area contributed by atoms with Gasteiger partial charge < -0.3 is 5.32 Å². The quantitative estimate of drug-likeness (QED) is 0.142. The number of hydrogen-bond donors (Lipinski definition) is 1. The lowest BCUT2D eigenvalue weighted by atomic mass is 10.1. The summed E-state index contributed by atoms with van der Waals surface area (Å²) in [6, 6.07) is 18.2. The summed E-state index contributed by atoms with van der Waals surface area (Å²) in [6.45, 7) is 1.73. The van der Waals surface area contributed by atoms with Gasteiger partial charge in [0.2, 0.25) is 0 Å². The standard InChI is InChI=1S/C24H18Cl3N5O3S/c1-14(28-23(33)16-7-9-18(26)21(11-16)32(34)35)22-29-30-24(36-13-15-5-3-2-4-6-15)31(22)20-10-8-17(25)12-19(20)27/h2-12,14H,13H2,1H3,(H,28,33). The Bertz CT molecular complexity index is 1430. The zero-order valence-electron chi connectivity index (χ0n) is 18.7. The molecule has 36 heavy (non-hydrogen) atoms. The Kier molecular flexibility index (Phi) is 8.15. The summed E-state index contributed by atoms with van der Waals surface area (Å²) in [5.41, 5.74) is 1.44. The van der Waals surface area contributed by atoms with E-state index in [0.29, 0.717) is 32.5 Å². The number of halogens is 3. The fourth-order valence-corrected chi connectivity index (χ4v) is 4.99. The second-order valence-corrected chi connectivity index (χ2v) is 9.86. The predicted octanol–water partition coefficient (Wildman–Crippen LogP) is 6.92. The smallest absolute Gasteiger partial charge is 0.288 e. The van der Waals surface area contributed by atoms with Crippen molar-refractivity contribution in [2.45, 2.75) is 23.9 Å². The van der Waals surface area contributed by atoms with Crippen LogP contribution in [0.25, 0.3) is 5.69 Å². The fourth-order valence-electron chi connectivity index (χ4n) is 3.40. The van der Waals surface area contributed by atoms with Gasteiger partial charge in [-0.2, -0.15) is 0 Å². The first-order valence-corrected chi connectivity index (χ1v) is 12.7. The fraction of sp³-hybridized carbons (Fsp3) is 0.125. The maximum atomic E-state index is 12.9. The van der Waals surface area contributed by atoms with Crippen LogP contribution in [0.3, 0.4) is 0 Å². The minimum absolute atomic E-state index is 0.0539. The first-order chi connectivity index (χ1) is 17.2. The monoisotopic (exact) mass is 561 g/mol. The summed E-state index contributed by atoms with van der Waals surface area (Å²) >= 11 is 19.9. The molecule has 0 fully saturated rings. The molecule has 0 saturated heterocycles. The summed E-state index contributed by atoms with van der Waals surface area (Å²) in [5.74, 6) is 0.531. The number of carbonyl (C=O) groups is 1. The molecule has 0 bridgehead atoms. The van der Waals surface area contributed by atoms with Gasteiger partial charge in [-0.25, -0.2) is 0 Å². The van der Waals surface area contributed by atoms with Gasteiger partial charge in [0.05, 0.1) is 21.7 Å². The summed E-state index contributed by atoms with van der Waals surface area (Å²) in [6.07, 6.45) is 0. The molecule has 0 radical (unpaired) electrons. The lowest BCUT2D eigenvalue weighted by Gasteiger charge is -2.17. The van der Waals surface area contributed by atoms with Gasteiger partial charge in [0.15, 0.2) is 11.0 Å². The molecule has 4 aromatic rings. The Labute approximate surface area is 225 Å². The summed E-state index contributed by atoms with van der Waals surface area (Å²) in [5, 5.41) is 24.1. The second-order valence-electron chi connectivity index (χ2n) is 7.66. The van der Waals surface area contributed by atoms with Crippen LogP contribution in [-0.2, 0) is 5.75 Å². The molecule has 1 amide bonds. The SMILES string of the molecule is CC(NC(=O)c1ccc(Cl)c([N+](=O)[O-])c1)c1nnc(SCc2ccccc2)n1-c1ccc(Cl)cc1Cl. The van der Waals surface area contributed by atoms with Crippen LogP contribution in [0.1, 0.15) is 34.7 Å². The lowest BCUT2D eigenvalue weighted by Crippen LogP contribution is -2.28. The zero-order chi connectivity index (χ0) is 25.8. The third kappa shape index (κ3) is 5.82. The molecule has 0 aliphatic carbocycles. The van der Waals surface area contributed by atoms with Crippen molar-refractivity contribution in [1.29, 1.82) is 0 Å². The number of nitro benzene ring substituents is 1. The highest BCUT2D eigenvalue weighted by atomic mass is 35.5. The normalized spacial score (nSPS) is 11.8. The largest absolute Gasteiger partial charge is 0.342 e. The molecule has 1 heterocycles. The van der Waals surface area contributed by atoms with Gasteiger partial charge in [-0.3, -0.25) is 19.5 Å². The zero-order valence-corrected chi connectivity index (χ0v) is 21.8. The van der Waals surface area contributed by atoms with Gasteiger partial charge in [-0.15, -0.1) is 10.2 Å². The van der Waals surface area contributed by atoms with Gasteiger partial charge in [-0.05, 0) is 42.8 Å². The molecule has 1 unspecified atom stereocenters. The Balaban J connectivity index is 1.66. The van der Waals surface area contributed by atoms with Crippen molar-refractivity contribution in [1.82, 2.24) is 20.1 Å². The van der Waals surface area contributed by atoms with Crippen molar-refractivity contribution in [2.75, 3.05) is 0 Å². The van der Waals surface area contributed by atoms with Crippen molar-refractivity contribution < 1.29 is 9.72 Å². The molecule has 0 saturated carbocycles. The number of amides is 1. The van der Waals surface area contributed by atoms with Crippen LogP contribution < -0.4 is 5.32 Å². The Morgan fingerprint density at radius 2 is 1.81 bits per heavy atom. The Morgan fingerprint density at radius 1 is 1.06 bits per heavy atom.